The molecular weight excluding hydrogens is 271 g/mol. The fourth-order valence-electron chi connectivity index (χ4n) is 1.72. The van der Waals surface area contributed by atoms with Gasteiger partial charge in [0, 0.05) is 9.78 Å². The van der Waals surface area contributed by atoms with E-state index in [0.29, 0.717) is 0 Å². The lowest BCUT2D eigenvalue weighted by atomic mass is 10.1. The van der Waals surface area contributed by atoms with E-state index in [1.807, 2.05) is 49.7 Å². The van der Waals surface area contributed by atoms with Crippen LogP contribution in [0.25, 0.3) is 10.8 Å². The monoisotopic (exact) mass is 282 g/mol. The number of benzene rings is 2. The Balaban J connectivity index is 2.90. The van der Waals surface area contributed by atoms with E-state index in [1.165, 1.54) is 0 Å². The smallest absolute Gasteiger partial charge is 0.110 e. The van der Waals surface area contributed by atoms with Gasteiger partial charge in [0.2, 0.25) is 0 Å². The minimum absolute atomic E-state index is 0.960. The Labute approximate surface area is 98.0 Å². The lowest BCUT2D eigenvalue weighted by Crippen LogP contribution is -2.04. The van der Waals surface area contributed by atoms with Gasteiger partial charge in [-0.05, 0) is 36.2 Å². The molecule has 0 saturated heterocycles. The van der Waals surface area contributed by atoms with Gasteiger partial charge >= 0.3 is 0 Å². The van der Waals surface area contributed by atoms with Crippen molar-refractivity contribution >= 4 is 39.1 Å². The van der Waals surface area contributed by atoms with Crippen LogP contribution in [0.3, 0.4) is 0 Å². The zero-order valence-corrected chi connectivity index (χ0v) is 11.2. The van der Waals surface area contributed by atoms with Gasteiger partial charge in [-0.2, -0.15) is 0 Å². The van der Waals surface area contributed by atoms with Crippen LogP contribution in [0.15, 0.2) is 40.9 Å². The van der Waals surface area contributed by atoms with Crippen molar-refractivity contribution in [2.24, 2.45) is 0 Å². The maximum atomic E-state index is 12.1. The highest BCUT2D eigenvalue weighted by Gasteiger charge is 2.15. The van der Waals surface area contributed by atoms with Crippen molar-refractivity contribution < 1.29 is 4.57 Å². The molecule has 3 heteroatoms. The van der Waals surface area contributed by atoms with Gasteiger partial charge < -0.3 is 4.57 Å². The van der Waals surface area contributed by atoms with Crippen molar-refractivity contribution in [1.82, 2.24) is 0 Å². The summed E-state index contributed by atoms with van der Waals surface area (Å²) in [6.07, 6.45) is 0. The minimum atomic E-state index is -2.20. The lowest BCUT2D eigenvalue weighted by Gasteiger charge is -2.11. The maximum Gasteiger partial charge on any atom is 0.110 e. The van der Waals surface area contributed by atoms with E-state index in [4.69, 9.17) is 0 Å². The quantitative estimate of drug-likeness (QED) is 0.726. The molecule has 78 valence electrons. The summed E-state index contributed by atoms with van der Waals surface area (Å²) in [4.78, 5) is 0. The Kier molecular flexibility index (Phi) is 2.74. The van der Waals surface area contributed by atoms with E-state index in [9.17, 15) is 4.57 Å². The molecule has 0 heterocycles. The third-order valence-corrected chi connectivity index (χ3v) is 4.67. The van der Waals surface area contributed by atoms with E-state index in [0.717, 1.165) is 20.5 Å². The molecular formula is C12H12BrOP. The first-order valence-electron chi connectivity index (χ1n) is 4.73. The van der Waals surface area contributed by atoms with E-state index < -0.39 is 7.14 Å². The lowest BCUT2D eigenvalue weighted by molar-refractivity contribution is 0.588. The van der Waals surface area contributed by atoms with Crippen LogP contribution >= 0.6 is 23.1 Å². The summed E-state index contributed by atoms with van der Waals surface area (Å²) in [5.41, 5.74) is 0. The molecule has 0 fully saturated rings. The van der Waals surface area contributed by atoms with Crippen molar-refractivity contribution in [1.29, 1.82) is 0 Å². The molecule has 0 amide bonds. The van der Waals surface area contributed by atoms with Gasteiger partial charge in [-0.25, -0.2) is 0 Å². The van der Waals surface area contributed by atoms with E-state index in [-0.39, 0.29) is 0 Å². The van der Waals surface area contributed by atoms with E-state index in [2.05, 4.69) is 15.9 Å². The first kappa shape index (κ1) is 10.9. The first-order chi connectivity index (χ1) is 7.00. The molecule has 0 radical (unpaired) electrons. The summed E-state index contributed by atoms with van der Waals surface area (Å²) in [6.45, 7) is 3.62. The topological polar surface area (TPSA) is 17.1 Å². The summed E-state index contributed by atoms with van der Waals surface area (Å²) in [6, 6.07) is 12.0. The maximum absolute atomic E-state index is 12.1. The average molecular weight is 283 g/mol. The molecule has 0 atom stereocenters. The summed E-state index contributed by atoms with van der Waals surface area (Å²) in [7, 11) is -2.20. The zero-order valence-electron chi connectivity index (χ0n) is 8.70. The average Bonchev–Trinajstić information content (AvgIpc) is 2.17. The summed E-state index contributed by atoms with van der Waals surface area (Å²) in [5, 5.41) is 3.17. The molecule has 2 aromatic carbocycles. The fourth-order valence-corrected chi connectivity index (χ4v) is 3.40. The third-order valence-electron chi connectivity index (χ3n) is 2.43. The van der Waals surface area contributed by atoms with E-state index >= 15 is 0 Å². The number of halogens is 1. The number of hydrogen-bond acceptors (Lipinski definition) is 1. The highest BCUT2D eigenvalue weighted by Crippen LogP contribution is 2.38. The molecule has 0 aliphatic rings. The van der Waals surface area contributed by atoms with Crippen LogP contribution in [0.5, 0.6) is 0 Å². The Morgan fingerprint density at radius 1 is 1.00 bits per heavy atom. The number of hydrogen-bond donors (Lipinski definition) is 0. The molecule has 15 heavy (non-hydrogen) atoms. The molecule has 1 nitrogen and oxygen atoms in total. The highest BCUT2D eigenvalue weighted by molar-refractivity contribution is 9.10. The van der Waals surface area contributed by atoms with E-state index in [1.54, 1.807) is 0 Å². The predicted molar refractivity (Wildman–Crippen MR) is 70.7 cm³/mol. The molecule has 0 aromatic heterocycles. The molecule has 0 spiro atoms. The Hall–Kier alpha value is -0.590. The molecule has 0 unspecified atom stereocenters. The van der Waals surface area contributed by atoms with Crippen LogP contribution in [-0.4, -0.2) is 13.3 Å². The minimum Gasteiger partial charge on any atom is -0.319 e. The van der Waals surface area contributed by atoms with Crippen LogP contribution in [0.2, 0.25) is 0 Å². The SMILES string of the molecule is CP(C)(=O)c1ccc(Br)c2ccccc12. The molecule has 0 aliphatic heterocycles. The Morgan fingerprint density at radius 2 is 1.60 bits per heavy atom. The van der Waals surface area contributed by atoms with Crippen molar-refractivity contribution in [2.45, 2.75) is 0 Å². The molecule has 2 aromatic rings. The standard InChI is InChI=1S/C12H12BrOP/c1-15(2,14)12-8-7-11(13)9-5-3-4-6-10(9)12/h3-8H,1-2H3. The van der Waals surface area contributed by atoms with Gasteiger partial charge in [-0.1, -0.05) is 40.2 Å². The zero-order chi connectivity index (χ0) is 11.1. The summed E-state index contributed by atoms with van der Waals surface area (Å²) < 4.78 is 13.2. The third kappa shape index (κ3) is 2.02. The van der Waals surface area contributed by atoms with Gasteiger partial charge in [-0.15, -0.1) is 0 Å². The van der Waals surface area contributed by atoms with Gasteiger partial charge in [-0.3, -0.25) is 0 Å². The van der Waals surface area contributed by atoms with Crippen molar-refractivity contribution in [3.63, 3.8) is 0 Å². The van der Waals surface area contributed by atoms with Gasteiger partial charge in [0.25, 0.3) is 0 Å². The largest absolute Gasteiger partial charge is 0.319 e. The van der Waals surface area contributed by atoms with Crippen molar-refractivity contribution in [3.05, 3.63) is 40.9 Å². The number of rotatable bonds is 1. The molecule has 2 rings (SSSR count). The van der Waals surface area contributed by atoms with Crippen molar-refractivity contribution in [3.8, 4) is 0 Å². The molecule has 0 aliphatic carbocycles. The summed E-state index contributed by atoms with van der Waals surface area (Å²) >= 11 is 3.51. The predicted octanol–water partition coefficient (Wildman–Crippen LogP) is 3.85. The van der Waals surface area contributed by atoms with Crippen LogP contribution in [0, 0.1) is 0 Å². The second kappa shape index (κ2) is 3.77. The second-order valence-electron chi connectivity index (χ2n) is 3.96. The Bertz CT molecular complexity index is 557. The Morgan fingerprint density at radius 3 is 2.20 bits per heavy atom. The normalized spacial score (nSPS) is 11.9. The van der Waals surface area contributed by atoms with Gasteiger partial charge in [0.15, 0.2) is 0 Å². The molecule has 0 saturated carbocycles. The van der Waals surface area contributed by atoms with Crippen LogP contribution in [0.4, 0.5) is 0 Å². The van der Waals surface area contributed by atoms with Gasteiger partial charge in [0.1, 0.15) is 7.14 Å². The van der Waals surface area contributed by atoms with Crippen LogP contribution in [-0.2, 0) is 4.57 Å². The van der Waals surface area contributed by atoms with Crippen molar-refractivity contribution in [2.75, 3.05) is 13.3 Å². The summed E-state index contributed by atoms with van der Waals surface area (Å²) in [5.74, 6) is 0. The number of fused-ring (bicyclic) bond motifs is 1. The fraction of sp³-hybridized carbons (Fsp3) is 0.167. The van der Waals surface area contributed by atoms with Gasteiger partial charge in [0.05, 0.1) is 0 Å². The molecule has 0 bridgehead atoms. The van der Waals surface area contributed by atoms with Crippen LogP contribution in [0.1, 0.15) is 0 Å². The second-order valence-corrected chi connectivity index (χ2v) is 8.00. The first-order valence-corrected chi connectivity index (χ1v) is 8.12. The van der Waals surface area contributed by atoms with Crippen LogP contribution < -0.4 is 5.30 Å². The molecule has 0 N–H and O–H groups in total. The highest BCUT2D eigenvalue weighted by atomic mass is 79.9.